The molecule has 1 aliphatic heterocycles. The molecule has 1 heterocycles. The fourth-order valence-electron chi connectivity index (χ4n) is 4.51. The van der Waals surface area contributed by atoms with E-state index in [0.29, 0.717) is 37.1 Å². The van der Waals surface area contributed by atoms with Crippen LogP contribution in [0.25, 0.3) is 0 Å². The van der Waals surface area contributed by atoms with E-state index in [1.165, 1.54) is 4.90 Å². The third-order valence-corrected chi connectivity index (χ3v) is 6.50. The van der Waals surface area contributed by atoms with E-state index in [1.807, 2.05) is 57.2 Å². The van der Waals surface area contributed by atoms with Gasteiger partial charge in [0.1, 0.15) is 11.2 Å². The maximum absolute atomic E-state index is 13.8. The average molecular weight is 455 g/mol. The molecule has 2 aromatic carbocycles. The molecule has 1 N–H and O–H groups in total. The van der Waals surface area contributed by atoms with E-state index >= 15 is 0 Å². The molecule has 1 aliphatic rings. The van der Waals surface area contributed by atoms with Crippen molar-refractivity contribution in [1.29, 1.82) is 0 Å². The van der Waals surface area contributed by atoms with Gasteiger partial charge in [0.05, 0.1) is 6.61 Å². The first-order valence-corrected chi connectivity index (χ1v) is 11.6. The zero-order valence-corrected chi connectivity index (χ0v) is 19.9. The fourth-order valence-corrected chi connectivity index (χ4v) is 4.51. The van der Waals surface area contributed by atoms with Gasteiger partial charge in [0, 0.05) is 24.8 Å². The minimum atomic E-state index is -0.800. The normalized spacial score (nSPS) is 17.9. The first kappa shape index (κ1) is 24.7. The topological polar surface area (TPSA) is 79.3 Å². The van der Waals surface area contributed by atoms with Gasteiger partial charge in [-0.15, -0.1) is 0 Å². The van der Waals surface area contributed by atoms with Crippen molar-refractivity contribution in [2.45, 2.75) is 59.1 Å². The Hall–Kier alpha value is -2.90. The SMILES string of the molecule is CCCN(C(=O)N1C(=O)C(CC)(CC)[C@@H]1Oc1ccccc1CO)[C@H](OC)c1ccccc1. The second-order valence-electron chi connectivity index (χ2n) is 8.25. The van der Waals surface area contributed by atoms with Gasteiger partial charge >= 0.3 is 6.03 Å². The summed E-state index contributed by atoms with van der Waals surface area (Å²) >= 11 is 0. The molecule has 1 fully saturated rings. The van der Waals surface area contributed by atoms with Gasteiger partial charge in [0.25, 0.3) is 0 Å². The molecule has 33 heavy (non-hydrogen) atoms. The summed E-state index contributed by atoms with van der Waals surface area (Å²) in [6.45, 7) is 6.06. The molecule has 7 nitrogen and oxygen atoms in total. The van der Waals surface area contributed by atoms with Crippen molar-refractivity contribution in [1.82, 2.24) is 9.80 Å². The molecule has 2 atom stereocenters. The molecule has 1 saturated heterocycles. The van der Waals surface area contributed by atoms with Crippen LogP contribution in [0.1, 0.15) is 57.4 Å². The fraction of sp³-hybridized carbons (Fsp3) is 0.462. The number of nitrogens with zero attached hydrogens (tertiary/aromatic N) is 2. The highest BCUT2D eigenvalue weighted by atomic mass is 16.5. The smallest absolute Gasteiger partial charge is 0.332 e. The van der Waals surface area contributed by atoms with Gasteiger partial charge in [-0.25, -0.2) is 9.69 Å². The first-order chi connectivity index (χ1) is 16.0. The van der Waals surface area contributed by atoms with Crippen molar-refractivity contribution < 1.29 is 24.2 Å². The molecule has 0 aliphatic carbocycles. The molecule has 0 spiro atoms. The number of urea groups is 1. The first-order valence-electron chi connectivity index (χ1n) is 11.6. The molecule has 0 saturated carbocycles. The maximum atomic E-state index is 13.8. The van der Waals surface area contributed by atoms with Crippen molar-refractivity contribution in [2.24, 2.45) is 5.41 Å². The Kier molecular flexibility index (Phi) is 8.10. The van der Waals surface area contributed by atoms with E-state index in [9.17, 15) is 14.7 Å². The Balaban J connectivity index is 1.97. The van der Waals surface area contributed by atoms with Crippen LogP contribution >= 0.6 is 0 Å². The van der Waals surface area contributed by atoms with Crippen LogP contribution in [0.2, 0.25) is 0 Å². The second-order valence-corrected chi connectivity index (χ2v) is 8.25. The lowest BCUT2D eigenvalue weighted by Gasteiger charge is -2.54. The zero-order valence-electron chi connectivity index (χ0n) is 19.9. The van der Waals surface area contributed by atoms with Crippen molar-refractivity contribution in [3.63, 3.8) is 0 Å². The number of amides is 3. The molecular weight excluding hydrogens is 420 g/mol. The molecule has 0 bridgehead atoms. The van der Waals surface area contributed by atoms with Crippen molar-refractivity contribution in [3.05, 3.63) is 65.7 Å². The summed E-state index contributed by atoms with van der Waals surface area (Å²) < 4.78 is 12.0. The molecule has 0 aromatic heterocycles. The number of rotatable bonds is 10. The van der Waals surface area contributed by atoms with Crippen LogP contribution in [0.3, 0.4) is 0 Å². The van der Waals surface area contributed by atoms with E-state index in [0.717, 1.165) is 5.56 Å². The van der Waals surface area contributed by atoms with Crippen molar-refractivity contribution >= 4 is 11.9 Å². The third kappa shape index (κ3) is 4.48. The predicted molar refractivity (Wildman–Crippen MR) is 125 cm³/mol. The summed E-state index contributed by atoms with van der Waals surface area (Å²) in [5.74, 6) is 0.225. The van der Waals surface area contributed by atoms with Gasteiger partial charge < -0.3 is 14.6 Å². The number of carbonyl (C=O) groups excluding carboxylic acids is 2. The summed E-state index contributed by atoms with van der Waals surface area (Å²) in [7, 11) is 1.55. The Labute approximate surface area is 195 Å². The third-order valence-electron chi connectivity index (χ3n) is 6.50. The number of likely N-dealkylation sites (tertiary alicyclic amines) is 1. The summed E-state index contributed by atoms with van der Waals surface area (Å²) in [5.41, 5.74) is 0.635. The van der Waals surface area contributed by atoms with Crippen molar-refractivity contribution in [2.75, 3.05) is 13.7 Å². The Morgan fingerprint density at radius 1 is 1.09 bits per heavy atom. The van der Waals surface area contributed by atoms with Crippen LogP contribution in [-0.4, -0.2) is 46.7 Å². The average Bonchev–Trinajstić information content (AvgIpc) is 2.85. The number of hydrogen-bond donors (Lipinski definition) is 1. The highest BCUT2D eigenvalue weighted by molar-refractivity contribution is 6.03. The second kappa shape index (κ2) is 10.8. The Morgan fingerprint density at radius 3 is 2.30 bits per heavy atom. The number of ether oxygens (including phenoxy) is 2. The van der Waals surface area contributed by atoms with Crippen molar-refractivity contribution in [3.8, 4) is 5.75 Å². The quantitative estimate of drug-likeness (QED) is 0.415. The number of carbonyl (C=O) groups is 2. The molecule has 3 amide bonds. The van der Waals surface area contributed by atoms with Crippen LogP contribution in [0.5, 0.6) is 5.75 Å². The van der Waals surface area contributed by atoms with E-state index in [-0.39, 0.29) is 12.5 Å². The molecular formula is C26H34N2O5. The monoisotopic (exact) mass is 454 g/mol. The lowest BCUT2D eigenvalue weighted by molar-refractivity contribution is -0.194. The zero-order chi connectivity index (χ0) is 24.0. The summed E-state index contributed by atoms with van der Waals surface area (Å²) in [6, 6.07) is 16.2. The maximum Gasteiger partial charge on any atom is 0.332 e. The number of methoxy groups -OCH3 is 1. The van der Waals surface area contributed by atoms with Gasteiger partial charge in [0.2, 0.25) is 5.91 Å². The number of benzene rings is 2. The molecule has 2 aromatic rings. The van der Waals surface area contributed by atoms with E-state index in [4.69, 9.17) is 9.47 Å². The Morgan fingerprint density at radius 2 is 1.73 bits per heavy atom. The highest BCUT2D eigenvalue weighted by Gasteiger charge is 2.63. The van der Waals surface area contributed by atoms with Crippen LogP contribution in [-0.2, 0) is 16.1 Å². The molecule has 0 radical (unpaired) electrons. The lowest BCUT2D eigenvalue weighted by atomic mass is 9.72. The summed E-state index contributed by atoms with van der Waals surface area (Å²) in [4.78, 5) is 30.0. The minimum absolute atomic E-state index is 0.197. The van der Waals surface area contributed by atoms with Gasteiger partial charge in [-0.05, 0) is 25.3 Å². The van der Waals surface area contributed by atoms with Crippen LogP contribution in [0.15, 0.2) is 54.6 Å². The minimum Gasteiger partial charge on any atom is -0.468 e. The molecule has 0 unspecified atom stereocenters. The predicted octanol–water partition coefficient (Wildman–Crippen LogP) is 4.71. The van der Waals surface area contributed by atoms with E-state index in [2.05, 4.69) is 0 Å². The number of para-hydroxylation sites is 1. The van der Waals surface area contributed by atoms with Gasteiger partial charge in [-0.3, -0.25) is 9.69 Å². The number of aliphatic hydroxyl groups excluding tert-OH is 1. The van der Waals surface area contributed by atoms with Crippen LogP contribution in [0.4, 0.5) is 4.79 Å². The molecule has 178 valence electrons. The van der Waals surface area contributed by atoms with E-state index < -0.39 is 23.9 Å². The molecule has 3 rings (SSSR count). The highest BCUT2D eigenvalue weighted by Crippen LogP contribution is 2.47. The number of aliphatic hydroxyl groups is 1. The summed E-state index contributed by atoms with van der Waals surface area (Å²) in [6.07, 6.45) is 0.380. The van der Waals surface area contributed by atoms with Crippen LogP contribution in [0, 0.1) is 5.41 Å². The standard InChI is InChI=1S/C26H34N2O5/c1-5-17-27(22(32-4)19-13-9-8-10-14-19)25(31)28-23(30)26(6-2,7-3)24(28)33-21-16-12-11-15-20(21)18-29/h8-16,22,24,29H,5-7,17-18H2,1-4H3/t22-,24+/m1/s1. The lowest BCUT2D eigenvalue weighted by Crippen LogP contribution is -2.74. The summed E-state index contributed by atoms with van der Waals surface area (Å²) in [5, 5.41) is 9.73. The van der Waals surface area contributed by atoms with E-state index in [1.54, 1.807) is 30.2 Å². The van der Waals surface area contributed by atoms with Crippen LogP contribution < -0.4 is 4.74 Å². The number of hydrogen-bond acceptors (Lipinski definition) is 5. The largest absolute Gasteiger partial charge is 0.468 e. The Bertz CT molecular complexity index is 945. The molecule has 7 heteroatoms. The van der Waals surface area contributed by atoms with Gasteiger partial charge in [-0.1, -0.05) is 69.3 Å². The number of β-lactam (4-membered cyclic amide) rings is 1. The number of imide groups is 1. The van der Waals surface area contributed by atoms with Gasteiger partial charge in [-0.2, -0.15) is 0 Å². The van der Waals surface area contributed by atoms with Gasteiger partial charge in [0.15, 0.2) is 12.5 Å².